The molecule has 4 heterocycles. The van der Waals surface area contributed by atoms with Crippen molar-refractivity contribution in [2.45, 2.75) is 13.0 Å². The number of nitrogens with one attached hydrogen (secondary N) is 2. The molecule has 0 aliphatic rings. The van der Waals surface area contributed by atoms with Gasteiger partial charge < -0.3 is 10.6 Å². The molecule has 0 bridgehead atoms. The molecule has 2 aromatic carbocycles. The zero-order valence-electron chi connectivity index (χ0n) is 21.7. The molecular formula is C31H22Cl2N4O2S2. The Labute approximate surface area is 254 Å². The number of nitrogens with zero attached hydrogens (tertiary/aromatic N) is 2. The number of pyridine rings is 2. The van der Waals surface area contributed by atoms with Crippen molar-refractivity contribution in [1.29, 1.82) is 0 Å². The third-order valence-corrected chi connectivity index (χ3v) is 9.03. The van der Waals surface area contributed by atoms with Crippen LogP contribution in [0.2, 0.25) is 8.67 Å². The predicted octanol–water partition coefficient (Wildman–Crippen LogP) is 8.10. The highest BCUT2D eigenvalue weighted by atomic mass is 35.5. The molecule has 4 aromatic heterocycles. The highest BCUT2D eigenvalue weighted by Gasteiger charge is 2.19. The van der Waals surface area contributed by atoms with E-state index in [9.17, 15) is 9.59 Å². The summed E-state index contributed by atoms with van der Waals surface area (Å²) in [4.78, 5) is 38.1. The average molecular weight is 618 g/mol. The Balaban J connectivity index is 1.21. The van der Waals surface area contributed by atoms with E-state index < -0.39 is 0 Å². The molecule has 2 N–H and O–H groups in total. The van der Waals surface area contributed by atoms with Crippen molar-refractivity contribution in [3.8, 4) is 21.1 Å². The van der Waals surface area contributed by atoms with Gasteiger partial charge in [-0.1, -0.05) is 59.6 Å². The summed E-state index contributed by atoms with van der Waals surface area (Å²) in [5, 5.41) is 7.50. The Kier molecular flexibility index (Phi) is 7.73. The molecule has 0 spiro atoms. The highest BCUT2D eigenvalue weighted by Crippen LogP contribution is 2.33. The Bertz CT molecular complexity index is 1930. The lowest BCUT2D eigenvalue weighted by molar-refractivity contribution is 0.0914. The summed E-state index contributed by atoms with van der Waals surface area (Å²) in [5.74, 6) is -0.500. The maximum Gasteiger partial charge on any atom is 0.252 e. The molecular weight excluding hydrogens is 595 g/mol. The van der Waals surface area contributed by atoms with Crippen LogP contribution in [0.1, 0.15) is 27.6 Å². The van der Waals surface area contributed by atoms with Gasteiger partial charge in [0.1, 0.15) is 0 Å². The minimum absolute atomic E-state index is 0.234. The number of aromatic nitrogens is 2. The van der Waals surface area contributed by atoms with Gasteiger partial charge in [-0.15, -0.1) is 22.7 Å². The molecule has 1 atom stereocenters. The second-order valence-electron chi connectivity index (χ2n) is 9.44. The molecule has 2 amide bonds. The van der Waals surface area contributed by atoms with Crippen molar-refractivity contribution in [2.24, 2.45) is 0 Å². The third kappa shape index (κ3) is 5.83. The number of benzene rings is 2. The number of para-hydroxylation sites is 2. The van der Waals surface area contributed by atoms with Gasteiger partial charge in [0, 0.05) is 23.4 Å². The number of carbonyl (C=O) groups excluding carboxylic acids is 2. The fourth-order valence-corrected chi connectivity index (χ4v) is 6.58. The van der Waals surface area contributed by atoms with Gasteiger partial charge in [-0.2, -0.15) is 0 Å². The van der Waals surface area contributed by atoms with Crippen LogP contribution in [0, 0.1) is 0 Å². The summed E-state index contributed by atoms with van der Waals surface area (Å²) in [6, 6.07) is 25.7. The molecule has 0 radical (unpaired) electrons. The highest BCUT2D eigenvalue weighted by molar-refractivity contribution is 7.19. The molecule has 0 saturated heterocycles. The summed E-state index contributed by atoms with van der Waals surface area (Å²) >= 11 is 15.1. The standard InChI is InChI=1S/C31H22Cl2N4O2S2/c1-17(35-31(39)21-15-25(27-11-13-29(33)41-27)37-23-9-5-3-7-19(21)23)16-34-30(38)20-14-24(26-10-12-28(32)40-26)36-22-8-4-2-6-18(20)22/h2-15,17H,16H2,1H3,(H,34,38)(H,35,39). The van der Waals surface area contributed by atoms with Gasteiger partial charge in [0.05, 0.1) is 52.0 Å². The van der Waals surface area contributed by atoms with E-state index in [0.29, 0.717) is 42.2 Å². The lowest BCUT2D eigenvalue weighted by atomic mass is 10.1. The summed E-state index contributed by atoms with van der Waals surface area (Å²) < 4.78 is 1.30. The largest absolute Gasteiger partial charge is 0.350 e. The molecule has 6 nitrogen and oxygen atoms in total. The zero-order valence-corrected chi connectivity index (χ0v) is 24.8. The van der Waals surface area contributed by atoms with Gasteiger partial charge in [-0.25, -0.2) is 9.97 Å². The van der Waals surface area contributed by atoms with Gasteiger partial charge in [0.2, 0.25) is 0 Å². The van der Waals surface area contributed by atoms with Crippen LogP contribution in [-0.4, -0.2) is 34.4 Å². The number of thiophene rings is 2. The Morgan fingerprint density at radius 1 is 0.732 bits per heavy atom. The van der Waals surface area contributed by atoms with E-state index in [1.54, 1.807) is 12.1 Å². The predicted molar refractivity (Wildman–Crippen MR) is 169 cm³/mol. The fourth-order valence-electron chi connectivity index (χ4n) is 4.58. The first-order valence-electron chi connectivity index (χ1n) is 12.8. The van der Waals surface area contributed by atoms with Gasteiger partial charge in [-0.05, 0) is 55.5 Å². The lowest BCUT2D eigenvalue weighted by Crippen LogP contribution is -2.42. The maximum atomic E-state index is 13.5. The number of fused-ring (bicyclic) bond motifs is 2. The molecule has 6 rings (SSSR count). The maximum absolute atomic E-state index is 13.5. The molecule has 10 heteroatoms. The normalized spacial score (nSPS) is 12.0. The van der Waals surface area contributed by atoms with Gasteiger partial charge in [0.15, 0.2) is 0 Å². The van der Waals surface area contributed by atoms with Crippen molar-refractivity contribution in [3.05, 3.63) is 105 Å². The van der Waals surface area contributed by atoms with E-state index >= 15 is 0 Å². The average Bonchev–Trinajstić information content (AvgIpc) is 3.62. The second-order valence-corrected chi connectivity index (χ2v) is 12.9. The molecule has 0 fully saturated rings. The van der Waals surface area contributed by atoms with E-state index in [1.165, 1.54) is 22.7 Å². The van der Waals surface area contributed by atoms with Crippen LogP contribution in [0.3, 0.4) is 0 Å². The molecule has 1 unspecified atom stereocenters. The second kappa shape index (κ2) is 11.6. The quantitative estimate of drug-likeness (QED) is 0.190. The number of rotatable bonds is 7. The Morgan fingerprint density at radius 3 is 1.71 bits per heavy atom. The van der Waals surface area contributed by atoms with E-state index in [0.717, 1.165) is 20.5 Å². The van der Waals surface area contributed by atoms with Crippen molar-refractivity contribution in [2.75, 3.05) is 6.54 Å². The van der Waals surface area contributed by atoms with Crippen LogP contribution >= 0.6 is 45.9 Å². The van der Waals surface area contributed by atoms with E-state index in [2.05, 4.69) is 10.6 Å². The number of hydrogen-bond donors (Lipinski definition) is 2. The number of halogens is 2. The molecule has 204 valence electrons. The van der Waals surface area contributed by atoms with Crippen molar-refractivity contribution in [1.82, 2.24) is 20.6 Å². The number of amides is 2. The minimum Gasteiger partial charge on any atom is -0.350 e. The summed E-state index contributed by atoms with van der Waals surface area (Å²) in [6.45, 7) is 2.09. The van der Waals surface area contributed by atoms with E-state index in [-0.39, 0.29) is 24.4 Å². The number of hydrogen-bond acceptors (Lipinski definition) is 6. The zero-order chi connectivity index (χ0) is 28.5. The van der Waals surface area contributed by atoms with Crippen LogP contribution in [0.5, 0.6) is 0 Å². The van der Waals surface area contributed by atoms with Crippen molar-refractivity contribution < 1.29 is 9.59 Å². The van der Waals surface area contributed by atoms with E-state index in [4.69, 9.17) is 33.2 Å². The van der Waals surface area contributed by atoms with Crippen LogP contribution < -0.4 is 10.6 Å². The molecule has 0 aliphatic heterocycles. The topological polar surface area (TPSA) is 84.0 Å². The smallest absolute Gasteiger partial charge is 0.252 e. The monoisotopic (exact) mass is 616 g/mol. The van der Waals surface area contributed by atoms with Crippen molar-refractivity contribution >= 4 is 79.5 Å². The third-order valence-electron chi connectivity index (χ3n) is 6.52. The van der Waals surface area contributed by atoms with E-state index in [1.807, 2.05) is 79.7 Å². The van der Waals surface area contributed by atoms with Gasteiger partial charge in [-0.3, -0.25) is 9.59 Å². The Morgan fingerprint density at radius 2 is 1.22 bits per heavy atom. The van der Waals surface area contributed by atoms with Crippen LogP contribution in [0.25, 0.3) is 42.9 Å². The van der Waals surface area contributed by atoms with Crippen LogP contribution in [0.4, 0.5) is 0 Å². The van der Waals surface area contributed by atoms with Crippen molar-refractivity contribution in [3.63, 3.8) is 0 Å². The summed E-state index contributed by atoms with van der Waals surface area (Å²) in [6.07, 6.45) is 0. The summed E-state index contributed by atoms with van der Waals surface area (Å²) in [5.41, 5.74) is 3.81. The molecule has 6 aromatic rings. The molecule has 0 aliphatic carbocycles. The van der Waals surface area contributed by atoms with Crippen LogP contribution in [0.15, 0.2) is 84.9 Å². The first-order valence-corrected chi connectivity index (χ1v) is 15.1. The van der Waals surface area contributed by atoms with Crippen LogP contribution in [-0.2, 0) is 0 Å². The van der Waals surface area contributed by atoms with Gasteiger partial charge >= 0.3 is 0 Å². The first-order chi connectivity index (χ1) is 19.9. The SMILES string of the molecule is CC(CNC(=O)c1cc(-c2ccc(Cl)s2)nc2ccccc12)NC(=O)c1cc(-c2ccc(Cl)s2)nc2ccccc12. The first kappa shape index (κ1) is 27.4. The Hall–Kier alpha value is -3.82. The van der Waals surface area contributed by atoms with Gasteiger partial charge in [0.25, 0.3) is 11.8 Å². The molecule has 0 saturated carbocycles. The minimum atomic E-state index is -0.346. The summed E-state index contributed by atoms with van der Waals surface area (Å²) in [7, 11) is 0. The lowest BCUT2D eigenvalue weighted by Gasteiger charge is -2.17. The fraction of sp³-hybridized carbons (Fsp3) is 0.0968. The number of carbonyl (C=O) groups is 2. The molecule has 41 heavy (non-hydrogen) atoms.